The van der Waals surface area contributed by atoms with Crippen molar-refractivity contribution in [2.75, 3.05) is 24.3 Å². The van der Waals surface area contributed by atoms with Crippen molar-refractivity contribution in [1.82, 2.24) is 15.0 Å². The van der Waals surface area contributed by atoms with Gasteiger partial charge in [-0.3, -0.25) is 0 Å². The Morgan fingerprint density at radius 3 is 2.71 bits per heavy atom. The number of thiazole rings is 1. The van der Waals surface area contributed by atoms with Gasteiger partial charge in [0, 0.05) is 31.3 Å². The third-order valence-electron chi connectivity index (χ3n) is 2.88. The Hall–Kier alpha value is -1.73. The molecule has 0 bridgehead atoms. The Morgan fingerprint density at radius 2 is 2.10 bits per heavy atom. The van der Waals surface area contributed by atoms with Crippen molar-refractivity contribution in [3.63, 3.8) is 0 Å². The van der Waals surface area contributed by atoms with Gasteiger partial charge in [0.15, 0.2) is 5.82 Å². The third-order valence-corrected chi connectivity index (χ3v) is 3.77. The fraction of sp³-hybridized carbons (Fsp3) is 0.500. The lowest BCUT2D eigenvalue weighted by molar-refractivity contribution is 0.178. The van der Waals surface area contributed by atoms with Crippen LogP contribution in [-0.4, -0.2) is 28.6 Å². The maximum Gasteiger partial charge on any atom is 0.158 e. The number of ether oxygens (including phenoxy) is 1. The van der Waals surface area contributed by atoms with Crippen molar-refractivity contribution >= 4 is 23.0 Å². The molecule has 2 heterocycles. The summed E-state index contributed by atoms with van der Waals surface area (Å²) in [7, 11) is 1.64. The number of hydrogen-bond donors (Lipinski definition) is 2. The maximum atomic E-state index is 5.13. The van der Waals surface area contributed by atoms with E-state index < -0.39 is 0 Å². The van der Waals surface area contributed by atoms with Crippen LogP contribution in [0.2, 0.25) is 0 Å². The summed E-state index contributed by atoms with van der Waals surface area (Å²) >= 11 is 1.65. The number of hydrogen-bond acceptors (Lipinski definition) is 7. The fourth-order valence-electron chi connectivity index (χ4n) is 1.96. The van der Waals surface area contributed by atoms with Gasteiger partial charge in [-0.15, -0.1) is 11.3 Å². The van der Waals surface area contributed by atoms with Gasteiger partial charge in [0.1, 0.15) is 23.3 Å². The molecular weight excluding hydrogens is 286 g/mol. The number of nitrogens with zero attached hydrogens (tertiary/aromatic N) is 3. The van der Waals surface area contributed by atoms with E-state index in [1.165, 1.54) is 0 Å². The molecule has 0 aliphatic carbocycles. The van der Waals surface area contributed by atoms with E-state index in [-0.39, 0.29) is 6.04 Å². The van der Waals surface area contributed by atoms with E-state index in [9.17, 15) is 0 Å². The van der Waals surface area contributed by atoms with E-state index >= 15 is 0 Å². The van der Waals surface area contributed by atoms with Gasteiger partial charge < -0.3 is 15.4 Å². The zero-order chi connectivity index (χ0) is 15.1. The summed E-state index contributed by atoms with van der Waals surface area (Å²) in [5, 5.41) is 9.69. The van der Waals surface area contributed by atoms with Crippen molar-refractivity contribution < 1.29 is 4.74 Å². The second-order valence-corrected chi connectivity index (χ2v) is 5.42. The minimum atomic E-state index is 0.157. The van der Waals surface area contributed by atoms with Crippen LogP contribution >= 0.6 is 11.3 Å². The standard InChI is InChI=1S/C14H21N5OS/c1-4-10(14-16-6-7-21-14)17-12-8-11(15-5-2)18-13(19-12)9-20-3/h6-8,10H,4-5,9H2,1-3H3,(H2,15,17,18,19). The molecule has 0 aliphatic rings. The van der Waals surface area contributed by atoms with Crippen molar-refractivity contribution in [2.24, 2.45) is 0 Å². The van der Waals surface area contributed by atoms with Crippen LogP contribution in [0.3, 0.4) is 0 Å². The number of anilines is 2. The highest BCUT2D eigenvalue weighted by Crippen LogP contribution is 2.24. The normalized spacial score (nSPS) is 12.1. The molecule has 0 fully saturated rings. The number of rotatable bonds is 8. The summed E-state index contributed by atoms with van der Waals surface area (Å²) in [6, 6.07) is 2.07. The Labute approximate surface area is 129 Å². The van der Waals surface area contributed by atoms with Gasteiger partial charge in [-0.05, 0) is 13.3 Å². The first-order valence-electron chi connectivity index (χ1n) is 7.03. The molecule has 114 valence electrons. The minimum Gasteiger partial charge on any atom is -0.377 e. The van der Waals surface area contributed by atoms with Crippen LogP contribution in [-0.2, 0) is 11.3 Å². The van der Waals surface area contributed by atoms with Crippen molar-refractivity contribution in [2.45, 2.75) is 32.9 Å². The van der Waals surface area contributed by atoms with Crippen LogP contribution in [0, 0.1) is 0 Å². The quantitative estimate of drug-likeness (QED) is 0.781. The Balaban J connectivity index is 2.20. The Morgan fingerprint density at radius 1 is 1.29 bits per heavy atom. The molecule has 2 aromatic heterocycles. The highest BCUT2D eigenvalue weighted by atomic mass is 32.1. The smallest absolute Gasteiger partial charge is 0.158 e. The SMILES string of the molecule is CCNc1cc(NC(CC)c2nccs2)nc(COC)n1. The van der Waals surface area contributed by atoms with E-state index in [1.807, 2.05) is 24.6 Å². The lowest BCUT2D eigenvalue weighted by Gasteiger charge is -2.16. The van der Waals surface area contributed by atoms with E-state index in [1.54, 1.807) is 18.4 Å². The topological polar surface area (TPSA) is 72.0 Å². The molecule has 21 heavy (non-hydrogen) atoms. The Kier molecular flexibility index (Phi) is 5.89. The Bertz CT molecular complexity index is 522. The average molecular weight is 307 g/mol. The van der Waals surface area contributed by atoms with Gasteiger partial charge in [-0.2, -0.15) is 0 Å². The predicted octanol–water partition coefficient (Wildman–Crippen LogP) is 3.07. The lowest BCUT2D eigenvalue weighted by atomic mass is 10.2. The van der Waals surface area contributed by atoms with Crippen LogP contribution < -0.4 is 10.6 Å². The third kappa shape index (κ3) is 4.37. The molecule has 1 atom stereocenters. The van der Waals surface area contributed by atoms with Crippen LogP contribution in [0.25, 0.3) is 0 Å². The molecule has 0 saturated heterocycles. The first-order valence-corrected chi connectivity index (χ1v) is 7.91. The second-order valence-electron chi connectivity index (χ2n) is 4.49. The first-order chi connectivity index (χ1) is 10.3. The van der Waals surface area contributed by atoms with Crippen molar-refractivity contribution in [1.29, 1.82) is 0 Å². The molecule has 6 nitrogen and oxygen atoms in total. The zero-order valence-corrected chi connectivity index (χ0v) is 13.4. The van der Waals surface area contributed by atoms with Crippen molar-refractivity contribution in [3.05, 3.63) is 28.5 Å². The van der Waals surface area contributed by atoms with E-state index in [0.29, 0.717) is 12.4 Å². The summed E-state index contributed by atoms with van der Waals surface area (Å²) in [4.78, 5) is 13.3. The molecule has 0 radical (unpaired) electrons. The molecule has 0 spiro atoms. The number of methoxy groups -OCH3 is 1. The molecule has 0 saturated carbocycles. The summed E-state index contributed by atoms with van der Waals surface area (Å²) in [6.07, 6.45) is 2.76. The van der Waals surface area contributed by atoms with Crippen LogP contribution in [0.4, 0.5) is 11.6 Å². The molecular formula is C14H21N5OS. The monoisotopic (exact) mass is 307 g/mol. The molecule has 2 rings (SSSR count). The highest BCUT2D eigenvalue weighted by Gasteiger charge is 2.13. The number of nitrogens with one attached hydrogen (secondary N) is 2. The van der Waals surface area contributed by atoms with E-state index in [0.717, 1.165) is 29.6 Å². The van der Waals surface area contributed by atoms with Crippen LogP contribution in [0.15, 0.2) is 17.6 Å². The summed E-state index contributed by atoms with van der Waals surface area (Å²) in [5.74, 6) is 2.25. The molecule has 2 N–H and O–H groups in total. The molecule has 1 unspecified atom stereocenters. The molecule has 0 aromatic carbocycles. The average Bonchev–Trinajstić information content (AvgIpc) is 2.99. The molecule has 7 heteroatoms. The minimum absolute atomic E-state index is 0.157. The number of aromatic nitrogens is 3. The molecule has 0 aliphatic heterocycles. The van der Waals surface area contributed by atoms with Gasteiger partial charge in [-0.25, -0.2) is 15.0 Å². The van der Waals surface area contributed by atoms with E-state index in [2.05, 4.69) is 32.5 Å². The van der Waals surface area contributed by atoms with Crippen molar-refractivity contribution in [3.8, 4) is 0 Å². The van der Waals surface area contributed by atoms with Gasteiger partial charge in [0.25, 0.3) is 0 Å². The first kappa shape index (κ1) is 15.7. The van der Waals surface area contributed by atoms with Gasteiger partial charge >= 0.3 is 0 Å². The predicted molar refractivity (Wildman–Crippen MR) is 85.7 cm³/mol. The van der Waals surface area contributed by atoms with Crippen LogP contribution in [0.5, 0.6) is 0 Å². The van der Waals surface area contributed by atoms with Gasteiger partial charge in [-0.1, -0.05) is 6.92 Å². The molecule has 0 amide bonds. The molecule has 2 aromatic rings. The van der Waals surface area contributed by atoms with E-state index in [4.69, 9.17) is 4.74 Å². The van der Waals surface area contributed by atoms with Crippen LogP contribution in [0.1, 0.15) is 37.1 Å². The summed E-state index contributed by atoms with van der Waals surface area (Å²) in [5.41, 5.74) is 0. The van der Waals surface area contributed by atoms with Gasteiger partial charge in [0.05, 0.1) is 6.04 Å². The maximum absolute atomic E-state index is 5.13. The summed E-state index contributed by atoms with van der Waals surface area (Å²) < 4.78 is 5.13. The largest absolute Gasteiger partial charge is 0.377 e. The second kappa shape index (κ2) is 7.90. The summed E-state index contributed by atoms with van der Waals surface area (Å²) in [6.45, 7) is 5.37. The highest BCUT2D eigenvalue weighted by molar-refractivity contribution is 7.09. The zero-order valence-electron chi connectivity index (χ0n) is 12.6. The van der Waals surface area contributed by atoms with Gasteiger partial charge in [0.2, 0.25) is 0 Å². The lowest BCUT2D eigenvalue weighted by Crippen LogP contribution is -2.13. The fourth-order valence-corrected chi connectivity index (χ4v) is 2.73.